The lowest BCUT2D eigenvalue weighted by Gasteiger charge is -2.04. The minimum absolute atomic E-state index is 1.26. The Hall–Kier alpha value is -4.06. The molecule has 0 aliphatic rings. The van der Waals surface area contributed by atoms with Gasteiger partial charge in [-0.05, 0) is 114 Å². The summed E-state index contributed by atoms with van der Waals surface area (Å²) in [5.74, 6) is 0. The summed E-state index contributed by atoms with van der Waals surface area (Å²) in [6.45, 7) is 0. The molecule has 9 aromatic rings. The average molecular weight is 607 g/mol. The van der Waals surface area contributed by atoms with Crippen molar-refractivity contribution in [3.63, 3.8) is 0 Å². The van der Waals surface area contributed by atoms with Crippen molar-refractivity contribution >= 4 is 85.7 Å². The predicted octanol–water partition coefficient (Wildman–Crippen LogP) is 13.2. The zero-order valence-electron chi connectivity index (χ0n) is 22.3. The quantitative estimate of drug-likeness (QED) is 0.187. The summed E-state index contributed by atoms with van der Waals surface area (Å²) >= 11 is 7.37. The first-order chi connectivity index (χ1) is 20.7. The molecule has 0 amide bonds. The summed E-state index contributed by atoms with van der Waals surface area (Å²) in [6.07, 6.45) is 0. The van der Waals surface area contributed by atoms with E-state index in [1.807, 2.05) is 22.7 Å². The van der Waals surface area contributed by atoms with Crippen LogP contribution in [0, 0.1) is 0 Å². The number of fused-ring (bicyclic) bond motifs is 4. The molecule has 9 rings (SSSR count). The van der Waals surface area contributed by atoms with Gasteiger partial charge >= 0.3 is 0 Å². The fourth-order valence-electron chi connectivity index (χ4n) is 5.78. The molecule has 4 heteroatoms. The van der Waals surface area contributed by atoms with Crippen LogP contribution >= 0.6 is 45.3 Å². The molecule has 0 atom stereocenters. The fraction of sp³-hybridized carbons (Fsp3) is 0. The first-order valence-electron chi connectivity index (χ1n) is 13.9. The minimum Gasteiger partial charge on any atom is -0.144 e. The number of thiophene rings is 4. The molecule has 5 aromatic carbocycles. The number of rotatable bonds is 4. The Kier molecular flexibility index (Phi) is 5.70. The van der Waals surface area contributed by atoms with Gasteiger partial charge in [-0.3, -0.25) is 0 Å². The van der Waals surface area contributed by atoms with Gasteiger partial charge in [0.2, 0.25) is 0 Å². The fourth-order valence-corrected chi connectivity index (χ4v) is 9.63. The summed E-state index contributed by atoms with van der Waals surface area (Å²) in [6, 6.07) is 45.4. The number of hydrogen-bond acceptors (Lipinski definition) is 4. The molecule has 4 heterocycles. The maximum atomic E-state index is 2.37. The Morgan fingerprint density at radius 3 is 1.14 bits per heavy atom. The van der Waals surface area contributed by atoms with E-state index < -0.39 is 0 Å². The molecule has 4 aromatic heterocycles. The molecule has 0 fully saturated rings. The Balaban J connectivity index is 0.994. The Labute approximate surface area is 259 Å². The molecule has 0 saturated carbocycles. The monoisotopic (exact) mass is 606 g/mol. The third-order valence-electron chi connectivity index (χ3n) is 8.07. The van der Waals surface area contributed by atoms with Gasteiger partial charge in [0.05, 0.1) is 0 Å². The van der Waals surface area contributed by atoms with Crippen molar-refractivity contribution in [1.82, 2.24) is 0 Å². The van der Waals surface area contributed by atoms with Crippen molar-refractivity contribution in [2.24, 2.45) is 0 Å². The average Bonchev–Trinajstić information content (AvgIpc) is 3.84. The van der Waals surface area contributed by atoms with E-state index in [-0.39, 0.29) is 0 Å². The highest BCUT2D eigenvalue weighted by molar-refractivity contribution is 7.24. The SMILES string of the molecule is c1cc2ccc(-c3ccc(-c4cc5cc6sc(-c7ccc(-c8ccc9ccsc9c8)cc7)cc6cc5s4)cc3)cc2s1. The van der Waals surface area contributed by atoms with Gasteiger partial charge in [-0.2, -0.15) is 0 Å². The largest absolute Gasteiger partial charge is 0.144 e. The third kappa shape index (κ3) is 4.22. The molecule has 0 aliphatic heterocycles. The topological polar surface area (TPSA) is 0 Å². The molecular weight excluding hydrogens is 585 g/mol. The zero-order valence-corrected chi connectivity index (χ0v) is 25.6. The molecule has 0 spiro atoms. The van der Waals surface area contributed by atoms with E-state index in [1.54, 1.807) is 22.7 Å². The molecule has 0 unspecified atom stereocenters. The zero-order chi connectivity index (χ0) is 27.6. The number of benzene rings is 5. The second kappa shape index (κ2) is 9.75. The second-order valence-electron chi connectivity index (χ2n) is 10.7. The maximum absolute atomic E-state index is 2.37. The normalized spacial score (nSPS) is 11.8. The van der Waals surface area contributed by atoms with Gasteiger partial charge in [-0.25, -0.2) is 0 Å². The van der Waals surface area contributed by atoms with Crippen molar-refractivity contribution in [3.05, 3.63) is 132 Å². The molecule has 42 heavy (non-hydrogen) atoms. The van der Waals surface area contributed by atoms with E-state index in [0.717, 1.165) is 0 Å². The van der Waals surface area contributed by atoms with Gasteiger partial charge in [-0.15, -0.1) is 45.3 Å². The molecule has 0 aliphatic carbocycles. The van der Waals surface area contributed by atoms with Crippen LogP contribution in [0.1, 0.15) is 0 Å². The molecule has 0 radical (unpaired) electrons. The molecule has 0 saturated heterocycles. The van der Waals surface area contributed by atoms with Crippen molar-refractivity contribution in [1.29, 1.82) is 0 Å². The summed E-state index contributed by atoms with van der Waals surface area (Å²) < 4.78 is 5.36. The Morgan fingerprint density at radius 1 is 0.286 bits per heavy atom. The molecule has 0 N–H and O–H groups in total. The summed E-state index contributed by atoms with van der Waals surface area (Å²) in [5.41, 5.74) is 7.63. The van der Waals surface area contributed by atoms with Crippen LogP contribution in [-0.2, 0) is 0 Å². The predicted molar refractivity (Wildman–Crippen MR) is 190 cm³/mol. The first-order valence-corrected chi connectivity index (χ1v) is 17.3. The van der Waals surface area contributed by atoms with Crippen LogP contribution in [0.25, 0.3) is 83.5 Å². The van der Waals surface area contributed by atoms with Crippen LogP contribution in [0.5, 0.6) is 0 Å². The lowest BCUT2D eigenvalue weighted by Crippen LogP contribution is -1.78. The van der Waals surface area contributed by atoms with E-state index in [2.05, 4.69) is 132 Å². The summed E-state index contributed by atoms with van der Waals surface area (Å²) in [5, 5.41) is 9.60. The molecular formula is C38H22S4. The van der Waals surface area contributed by atoms with E-state index in [1.165, 1.54) is 83.5 Å². The van der Waals surface area contributed by atoms with Gasteiger partial charge in [0, 0.05) is 28.6 Å². The van der Waals surface area contributed by atoms with Crippen LogP contribution in [0.2, 0.25) is 0 Å². The van der Waals surface area contributed by atoms with Gasteiger partial charge in [-0.1, -0.05) is 72.8 Å². The lowest BCUT2D eigenvalue weighted by molar-refractivity contribution is 1.65. The summed E-state index contributed by atoms with van der Waals surface area (Å²) in [4.78, 5) is 2.64. The van der Waals surface area contributed by atoms with E-state index >= 15 is 0 Å². The standard InChI is InChI=1S/C38H22S4/c1-5-25(6-2-23(1)29-11-9-27-13-15-39-33(27)17-29)35-19-31-21-38-32(22-37(31)41-35)20-36(42-38)26-7-3-24(4-8-26)30-12-10-28-14-16-40-34(28)18-30/h1-22H. The van der Waals surface area contributed by atoms with Gasteiger partial charge in [0.15, 0.2) is 0 Å². The van der Waals surface area contributed by atoms with Crippen LogP contribution in [0.3, 0.4) is 0 Å². The van der Waals surface area contributed by atoms with Crippen molar-refractivity contribution in [3.8, 4) is 43.1 Å². The molecule has 198 valence electrons. The molecule has 0 bridgehead atoms. The van der Waals surface area contributed by atoms with Gasteiger partial charge in [0.1, 0.15) is 0 Å². The van der Waals surface area contributed by atoms with Crippen molar-refractivity contribution in [2.75, 3.05) is 0 Å². The van der Waals surface area contributed by atoms with Crippen LogP contribution < -0.4 is 0 Å². The van der Waals surface area contributed by atoms with Crippen molar-refractivity contribution < 1.29 is 0 Å². The highest BCUT2D eigenvalue weighted by atomic mass is 32.1. The van der Waals surface area contributed by atoms with Crippen LogP contribution in [0.15, 0.2) is 132 Å². The van der Waals surface area contributed by atoms with E-state index in [9.17, 15) is 0 Å². The van der Waals surface area contributed by atoms with Crippen LogP contribution in [-0.4, -0.2) is 0 Å². The highest BCUT2D eigenvalue weighted by Gasteiger charge is 2.11. The smallest absolute Gasteiger partial charge is 0.0356 e. The maximum Gasteiger partial charge on any atom is 0.0356 e. The second-order valence-corrected chi connectivity index (χ2v) is 14.7. The third-order valence-corrected chi connectivity index (χ3v) is 12.1. The highest BCUT2D eigenvalue weighted by Crippen LogP contribution is 2.41. The van der Waals surface area contributed by atoms with Crippen LogP contribution in [0.4, 0.5) is 0 Å². The van der Waals surface area contributed by atoms with Gasteiger partial charge in [0.25, 0.3) is 0 Å². The minimum atomic E-state index is 1.26. The van der Waals surface area contributed by atoms with Gasteiger partial charge < -0.3 is 0 Å². The lowest BCUT2D eigenvalue weighted by atomic mass is 10.0. The number of hydrogen-bond donors (Lipinski definition) is 0. The first kappa shape index (κ1) is 24.5. The van der Waals surface area contributed by atoms with E-state index in [4.69, 9.17) is 0 Å². The Bertz CT molecular complexity index is 2170. The summed E-state index contributed by atoms with van der Waals surface area (Å²) in [7, 11) is 0. The molecule has 0 nitrogen and oxygen atoms in total. The van der Waals surface area contributed by atoms with Crippen molar-refractivity contribution in [2.45, 2.75) is 0 Å². The Morgan fingerprint density at radius 2 is 0.690 bits per heavy atom. The van der Waals surface area contributed by atoms with E-state index in [0.29, 0.717) is 0 Å².